The number of carbonyl (C=O) groups is 1. The van der Waals surface area contributed by atoms with Crippen LogP contribution >= 0.6 is 23.2 Å². The predicted molar refractivity (Wildman–Crippen MR) is 63.3 cm³/mol. The quantitative estimate of drug-likeness (QED) is 0.857. The Hall–Kier alpha value is -0.770. The number of carboxylic acids is 1. The Morgan fingerprint density at radius 1 is 1.38 bits per heavy atom. The maximum Gasteiger partial charge on any atom is 0.315 e. The van der Waals surface area contributed by atoms with Crippen molar-refractivity contribution in [2.45, 2.75) is 11.8 Å². The zero-order valence-corrected chi connectivity index (χ0v) is 9.98. The molecule has 1 aliphatic heterocycles. The SMILES string of the molecule is O=C(O)C1(c2c(Cl)cccc2Cl)CCNC1. The van der Waals surface area contributed by atoms with Crippen LogP contribution in [0.4, 0.5) is 0 Å². The van der Waals surface area contributed by atoms with Gasteiger partial charge in [0.15, 0.2) is 0 Å². The minimum absolute atomic E-state index is 0.367. The summed E-state index contributed by atoms with van der Waals surface area (Å²) < 4.78 is 0. The van der Waals surface area contributed by atoms with Crippen molar-refractivity contribution in [3.8, 4) is 0 Å². The van der Waals surface area contributed by atoms with Crippen LogP contribution in [0.5, 0.6) is 0 Å². The van der Waals surface area contributed by atoms with Gasteiger partial charge in [0.1, 0.15) is 5.41 Å². The summed E-state index contributed by atoms with van der Waals surface area (Å²) in [4.78, 5) is 11.5. The van der Waals surface area contributed by atoms with Crippen molar-refractivity contribution < 1.29 is 9.90 Å². The first-order chi connectivity index (χ1) is 7.58. The first-order valence-electron chi connectivity index (χ1n) is 4.96. The zero-order chi connectivity index (χ0) is 11.8. The highest BCUT2D eigenvalue weighted by atomic mass is 35.5. The molecule has 0 aliphatic carbocycles. The predicted octanol–water partition coefficient (Wildman–Crippen LogP) is 2.31. The molecular weight excluding hydrogens is 249 g/mol. The van der Waals surface area contributed by atoms with E-state index in [4.69, 9.17) is 23.2 Å². The molecule has 2 rings (SSSR count). The van der Waals surface area contributed by atoms with Gasteiger partial charge < -0.3 is 10.4 Å². The molecule has 86 valence electrons. The molecule has 2 N–H and O–H groups in total. The Labute approximate surface area is 103 Å². The Kier molecular flexibility index (Phi) is 3.10. The summed E-state index contributed by atoms with van der Waals surface area (Å²) in [5.74, 6) is -0.882. The summed E-state index contributed by atoms with van der Waals surface area (Å²) in [5, 5.41) is 13.3. The Balaban J connectivity index is 2.60. The van der Waals surface area contributed by atoms with Crippen molar-refractivity contribution >= 4 is 29.2 Å². The molecule has 0 aromatic heterocycles. The number of hydrogen-bond donors (Lipinski definition) is 2. The highest BCUT2D eigenvalue weighted by molar-refractivity contribution is 6.36. The maximum atomic E-state index is 11.5. The van der Waals surface area contributed by atoms with E-state index < -0.39 is 11.4 Å². The van der Waals surface area contributed by atoms with Gasteiger partial charge in [0.25, 0.3) is 0 Å². The zero-order valence-electron chi connectivity index (χ0n) is 8.46. The van der Waals surface area contributed by atoms with Crippen LogP contribution in [0.1, 0.15) is 12.0 Å². The second-order valence-electron chi connectivity index (χ2n) is 3.91. The van der Waals surface area contributed by atoms with E-state index in [0.29, 0.717) is 35.1 Å². The molecule has 1 aliphatic rings. The minimum atomic E-state index is -0.991. The van der Waals surface area contributed by atoms with Gasteiger partial charge in [0.05, 0.1) is 0 Å². The van der Waals surface area contributed by atoms with Gasteiger partial charge in [-0.15, -0.1) is 0 Å². The fourth-order valence-corrected chi connectivity index (χ4v) is 2.91. The standard InChI is InChI=1S/C11H11Cl2NO2/c12-7-2-1-3-8(13)9(7)11(10(15)16)4-5-14-6-11/h1-3,14H,4-6H2,(H,15,16). The number of rotatable bonds is 2. The summed E-state index contributed by atoms with van der Waals surface area (Å²) >= 11 is 12.1. The van der Waals surface area contributed by atoms with Gasteiger partial charge in [0.2, 0.25) is 0 Å². The Morgan fingerprint density at radius 2 is 2.00 bits per heavy atom. The van der Waals surface area contributed by atoms with Gasteiger partial charge in [-0.25, -0.2) is 0 Å². The Bertz CT molecular complexity index is 408. The smallest absolute Gasteiger partial charge is 0.315 e. The highest BCUT2D eigenvalue weighted by Crippen LogP contribution is 2.40. The van der Waals surface area contributed by atoms with Crippen LogP contribution in [0.3, 0.4) is 0 Å². The van der Waals surface area contributed by atoms with Crippen molar-refractivity contribution in [1.29, 1.82) is 0 Å². The van der Waals surface area contributed by atoms with Gasteiger partial charge >= 0.3 is 5.97 Å². The molecule has 0 amide bonds. The number of aliphatic carboxylic acids is 1. The molecule has 5 heteroatoms. The number of nitrogens with one attached hydrogen (secondary N) is 1. The molecule has 1 unspecified atom stereocenters. The highest BCUT2D eigenvalue weighted by Gasteiger charge is 2.45. The van der Waals surface area contributed by atoms with E-state index in [1.165, 1.54) is 0 Å². The topological polar surface area (TPSA) is 49.3 Å². The third-order valence-electron chi connectivity index (χ3n) is 3.01. The third kappa shape index (κ3) is 1.69. The lowest BCUT2D eigenvalue weighted by Crippen LogP contribution is -2.38. The average Bonchev–Trinajstić information content (AvgIpc) is 2.67. The fourth-order valence-electron chi connectivity index (χ4n) is 2.15. The first-order valence-corrected chi connectivity index (χ1v) is 5.72. The molecule has 1 aromatic carbocycles. The van der Waals surface area contributed by atoms with Crippen LogP contribution in [-0.2, 0) is 10.2 Å². The molecule has 3 nitrogen and oxygen atoms in total. The van der Waals surface area contributed by atoms with Crippen molar-refractivity contribution in [2.75, 3.05) is 13.1 Å². The molecular formula is C11H11Cl2NO2. The third-order valence-corrected chi connectivity index (χ3v) is 3.64. The summed E-state index contributed by atoms with van der Waals surface area (Å²) in [6.07, 6.45) is 0.506. The van der Waals surface area contributed by atoms with Crippen molar-refractivity contribution in [3.63, 3.8) is 0 Å². The molecule has 0 bridgehead atoms. The van der Waals surface area contributed by atoms with Gasteiger partial charge in [-0.3, -0.25) is 4.79 Å². The number of hydrogen-bond acceptors (Lipinski definition) is 2. The molecule has 16 heavy (non-hydrogen) atoms. The normalized spacial score (nSPS) is 24.6. The lowest BCUT2D eigenvalue weighted by molar-refractivity contribution is -0.143. The summed E-state index contributed by atoms with van der Waals surface area (Å²) in [5.41, 5.74) is -0.467. The van der Waals surface area contributed by atoms with Crippen LogP contribution in [0, 0.1) is 0 Å². The minimum Gasteiger partial charge on any atom is -0.481 e. The van der Waals surface area contributed by atoms with Crippen molar-refractivity contribution in [1.82, 2.24) is 5.32 Å². The van der Waals surface area contributed by atoms with Crippen LogP contribution in [0.25, 0.3) is 0 Å². The molecule has 0 spiro atoms. The van der Waals surface area contributed by atoms with Crippen LogP contribution in [-0.4, -0.2) is 24.2 Å². The van der Waals surface area contributed by atoms with E-state index in [0.717, 1.165) is 0 Å². The van der Waals surface area contributed by atoms with E-state index in [-0.39, 0.29) is 0 Å². The summed E-state index contributed by atoms with van der Waals surface area (Å²) in [6, 6.07) is 5.06. The lowest BCUT2D eigenvalue weighted by atomic mass is 9.79. The number of halogens is 2. The molecule has 1 atom stereocenters. The molecule has 0 radical (unpaired) electrons. The average molecular weight is 260 g/mol. The molecule has 1 fully saturated rings. The van der Waals surface area contributed by atoms with E-state index in [1.807, 2.05) is 0 Å². The second-order valence-corrected chi connectivity index (χ2v) is 4.73. The number of carboxylic acid groups (broad SMARTS) is 1. The molecule has 1 heterocycles. The van der Waals surface area contributed by atoms with Crippen LogP contribution < -0.4 is 5.32 Å². The van der Waals surface area contributed by atoms with E-state index in [1.54, 1.807) is 18.2 Å². The van der Waals surface area contributed by atoms with E-state index in [2.05, 4.69) is 5.32 Å². The van der Waals surface area contributed by atoms with Crippen molar-refractivity contribution in [2.24, 2.45) is 0 Å². The van der Waals surface area contributed by atoms with Gasteiger partial charge in [-0.05, 0) is 25.1 Å². The molecule has 1 aromatic rings. The van der Waals surface area contributed by atoms with Crippen molar-refractivity contribution in [3.05, 3.63) is 33.8 Å². The lowest BCUT2D eigenvalue weighted by Gasteiger charge is -2.25. The monoisotopic (exact) mass is 259 g/mol. The number of benzene rings is 1. The van der Waals surface area contributed by atoms with E-state index >= 15 is 0 Å². The largest absolute Gasteiger partial charge is 0.481 e. The maximum absolute atomic E-state index is 11.5. The van der Waals surface area contributed by atoms with Crippen LogP contribution in [0.2, 0.25) is 10.0 Å². The van der Waals surface area contributed by atoms with Gasteiger partial charge in [-0.1, -0.05) is 29.3 Å². The van der Waals surface area contributed by atoms with Gasteiger partial charge in [0, 0.05) is 22.2 Å². The summed E-state index contributed by atoms with van der Waals surface area (Å²) in [6.45, 7) is 1.03. The summed E-state index contributed by atoms with van der Waals surface area (Å²) in [7, 11) is 0. The Morgan fingerprint density at radius 3 is 2.44 bits per heavy atom. The molecule has 1 saturated heterocycles. The van der Waals surface area contributed by atoms with Crippen LogP contribution in [0.15, 0.2) is 18.2 Å². The van der Waals surface area contributed by atoms with Gasteiger partial charge in [-0.2, -0.15) is 0 Å². The van der Waals surface area contributed by atoms with E-state index in [9.17, 15) is 9.90 Å². The fraction of sp³-hybridized carbons (Fsp3) is 0.364. The second kappa shape index (κ2) is 4.24. The molecule has 0 saturated carbocycles. The first kappa shape index (κ1) is 11.7.